The fraction of sp³-hybridized carbons (Fsp3) is 0.778. The van der Waals surface area contributed by atoms with Crippen molar-refractivity contribution >= 4 is 23.7 Å². The number of hydrogen-bond acceptors (Lipinski definition) is 4. The van der Waals surface area contributed by atoms with Crippen molar-refractivity contribution in [2.45, 2.75) is 87.4 Å². The van der Waals surface area contributed by atoms with Crippen LogP contribution in [0.2, 0.25) is 0 Å². The van der Waals surface area contributed by atoms with Gasteiger partial charge in [-0.3, -0.25) is 0 Å². The Kier molecular flexibility index (Phi) is 11.1. The van der Waals surface area contributed by atoms with Gasteiger partial charge in [-0.05, 0) is 56.7 Å². The molecule has 0 aromatic carbocycles. The lowest BCUT2D eigenvalue weighted by molar-refractivity contribution is -0.0239. The van der Waals surface area contributed by atoms with Crippen molar-refractivity contribution in [3.05, 3.63) is 23.8 Å². The van der Waals surface area contributed by atoms with Gasteiger partial charge in [0.2, 0.25) is 5.13 Å². The minimum atomic E-state index is -2.08. The molecule has 2 unspecified atom stereocenters. The van der Waals surface area contributed by atoms with Crippen LogP contribution in [0.1, 0.15) is 70.6 Å². The number of carbonyl (C=O) groups excluding carboxylic acids is 1. The molecule has 0 radical (unpaired) electrons. The summed E-state index contributed by atoms with van der Waals surface area (Å²) in [5.41, 5.74) is -0.914. The number of nitrogens with zero attached hydrogens (tertiary/aromatic N) is 1. The zero-order valence-corrected chi connectivity index (χ0v) is 22.7. The number of hydrogen-bond donors (Lipinski definition) is 5. The first kappa shape index (κ1) is 29.7. The molecule has 2 fully saturated rings. The molecule has 5 N–H and O–H groups in total. The molecule has 1 aliphatic heterocycles. The molecule has 1 heterocycles. The van der Waals surface area contributed by atoms with Crippen molar-refractivity contribution < 1.29 is 24.2 Å². The first-order chi connectivity index (χ1) is 17.6. The molecule has 10 heteroatoms. The largest absolute Gasteiger partial charge is 0.465 e. The predicted molar refractivity (Wildman–Crippen MR) is 143 cm³/mol. The molecule has 2 aliphatic carbocycles. The van der Waals surface area contributed by atoms with Gasteiger partial charge >= 0.3 is 12.1 Å². The van der Waals surface area contributed by atoms with Gasteiger partial charge in [0.05, 0.1) is 5.60 Å². The van der Waals surface area contributed by atoms with Crippen molar-refractivity contribution in [2.75, 3.05) is 33.2 Å². The molecule has 0 bridgehead atoms. The summed E-state index contributed by atoms with van der Waals surface area (Å²) in [6.45, 7) is 1.81. The lowest BCUT2D eigenvalue weighted by atomic mass is 9.71. The second-order valence-electron chi connectivity index (χ2n) is 11.0. The number of carbonyl (C=O) groups is 2. The van der Waals surface area contributed by atoms with Gasteiger partial charge in [-0.1, -0.05) is 55.9 Å². The number of aliphatic hydroxyl groups is 1. The van der Waals surface area contributed by atoms with Crippen LogP contribution in [-0.2, 0) is 0 Å². The predicted octanol–water partition coefficient (Wildman–Crippen LogP) is 4.54. The first-order valence-electron chi connectivity index (χ1n) is 13.8. The molecule has 1 saturated heterocycles. The van der Waals surface area contributed by atoms with Crippen molar-refractivity contribution in [3.8, 4) is 0 Å². The summed E-state index contributed by atoms with van der Waals surface area (Å²) in [5.74, 6) is 0.317. The summed E-state index contributed by atoms with van der Waals surface area (Å²) in [6.07, 6.45) is 12.4. The number of rotatable bonds is 11. The van der Waals surface area contributed by atoms with E-state index in [1.165, 1.54) is 44.3 Å². The van der Waals surface area contributed by atoms with Gasteiger partial charge in [-0.15, -0.1) is 0 Å². The lowest BCUT2D eigenvalue weighted by Gasteiger charge is -2.45. The average Bonchev–Trinajstić information content (AvgIpc) is 2.86. The molecular weight excluding hydrogens is 499 g/mol. The standard InChI is InChI=1S/C27H44ClFN4O4/c1-30-18-23(16-20-8-3-2-4-9-20)32-24(34)33-15-6-11-22(19-33)27(37,13-7-14-31-25(35)36)21-10-5-12-26(28,29)17-21/h5,10,12,20,22-23,30-31,37H,2-4,6-9,11,13-19H2,1H3,(H,32,34)(H,35,36)/t22-,23+,26?,27?/m1/s1. The Bertz CT molecular complexity index is 833. The molecule has 4 atom stereocenters. The van der Waals surface area contributed by atoms with Gasteiger partial charge in [0.1, 0.15) is 0 Å². The Hall–Kier alpha value is -1.84. The van der Waals surface area contributed by atoms with E-state index in [1.807, 2.05) is 7.05 Å². The van der Waals surface area contributed by atoms with Crippen LogP contribution in [0.3, 0.4) is 0 Å². The van der Waals surface area contributed by atoms with Crippen LogP contribution in [0.5, 0.6) is 0 Å². The third-order valence-corrected chi connectivity index (χ3v) is 8.39. The van der Waals surface area contributed by atoms with Crippen LogP contribution < -0.4 is 16.0 Å². The second-order valence-corrected chi connectivity index (χ2v) is 11.6. The monoisotopic (exact) mass is 542 g/mol. The van der Waals surface area contributed by atoms with E-state index in [1.54, 1.807) is 11.0 Å². The molecule has 1 saturated carbocycles. The van der Waals surface area contributed by atoms with Crippen LogP contribution in [0.4, 0.5) is 14.0 Å². The maximum absolute atomic E-state index is 14.7. The summed E-state index contributed by atoms with van der Waals surface area (Å²) in [5, 5.41) is 27.5. The zero-order chi connectivity index (χ0) is 26.9. The third-order valence-electron chi connectivity index (χ3n) is 8.14. The quantitative estimate of drug-likeness (QED) is 0.194. The van der Waals surface area contributed by atoms with Crippen LogP contribution in [0, 0.1) is 11.8 Å². The topological polar surface area (TPSA) is 114 Å². The van der Waals surface area contributed by atoms with Crippen molar-refractivity contribution in [3.63, 3.8) is 0 Å². The van der Waals surface area contributed by atoms with Gasteiger partial charge in [-0.2, -0.15) is 0 Å². The van der Waals surface area contributed by atoms with Crippen molar-refractivity contribution in [2.24, 2.45) is 11.8 Å². The number of likely N-dealkylation sites (tertiary alicyclic amines) is 1. The number of likely N-dealkylation sites (N-methyl/N-ethyl adjacent to an activating group) is 1. The zero-order valence-electron chi connectivity index (χ0n) is 22.0. The summed E-state index contributed by atoms with van der Waals surface area (Å²) in [4.78, 5) is 26.0. The molecule has 8 nitrogen and oxygen atoms in total. The highest BCUT2D eigenvalue weighted by Gasteiger charge is 2.45. The maximum Gasteiger partial charge on any atom is 0.404 e. The smallest absolute Gasteiger partial charge is 0.404 e. The molecule has 0 aromatic rings. The molecule has 3 rings (SSSR count). The van der Waals surface area contributed by atoms with E-state index >= 15 is 0 Å². The molecule has 3 amide bonds. The van der Waals surface area contributed by atoms with Crippen LogP contribution in [0.15, 0.2) is 23.8 Å². The average molecular weight is 543 g/mol. The SMILES string of the molecule is CNC[C@H](CC1CCCCC1)NC(=O)N1CCC[C@@H](C(O)(CCCNC(=O)O)C2=CC=CC(F)(Cl)C2)C1. The Labute approximate surface area is 225 Å². The normalized spacial score (nSPS) is 27.2. The Morgan fingerprint density at radius 3 is 2.70 bits per heavy atom. The summed E-state index contributed by atoms with van der Waals surface area (Å²) < 4.78 is 14.7. The van der Waals surface area contributed by atoms with Crippen molar-refractivity contribution in [1.29, 1.82) is 0 Å². The Morgan fingerprint density at radius 1 is 1.27 bits per heavy atom. The number of urea groups is 1. The van der Waals surface area contributed by atoms with E-state index in [0.717, 1.165) is 12.8 Å². The highest BCUT2D eigenvalue weighted by Crippen LogP contribution is 2.43. The Morgan fingerprint density at radius 2 is 2.03 bits per heavy atom. The van der Waals surface area contributed by atoms with E-state index in [2.05, 4.69) is 16.0 Å². The van der Waals surface area contributed by atoms with Gasteiger partial charge in [0.15, 0.2) is 0 Å². The van der Waals surface area contributed by atoms with E-state index in [4.69, 9.17) is 16.7 Å². The minimum Gasteiger partial charge on any atom is -0.465 e. The molecule has 37 heavy (non-hydrogen) atoms. The first-order valence-corrected chi connectivity index (χ1v) is 14.2. The molecule has 3 aliphatic rings. The van der Waals surface area contributed by atoms with Crippen LogP contribution in [0.25, 0.3) is 0 Å². The van der Waals surface area contributed by atoms with Crippen LogP contribution in [-0.4, -0.2) is 77.2 Å². The minimum absolute atomic E-state index is 0.0385. The highest BCUT2D eigenvalue weighted by molar-refractivity contribution is 6.24. The number of nitrogens with one attached hydrogen (secondary N) is 3. The number of amides is 3. The van der Waals surface area contributed by atoms with Crippen molar-refractivity contribution in [1.82, 2.24) is 20.9 Å². The number of halogens is 2. The fourth-order valence-corrected chi connectivity index (χ4v) is 6.45. The maximum atomic E-state index is 14.7. The molecular formula is C27H44ClFN4O4. The van der Waals surface area contributed by atoms with Gasteiger partial charge in [0, 0.05) is 44.6 Å². The van der Waals surface area contributed by atoms with Gasteiger partial charge < -0.3 is 31.1 Å². The van der Waals surface area contributed by atoms with E-state index in [0.29, 0.717) is 44.0 Å². The highest BCUT2D eigenvalue weighted by atomic mass is 35.5. The molecule has 0 spiro atoms. The number of alkyl halides is 2. The van der Waals surface area contributed by atoms with E-state index in [-0.39, 0.29) is 37.4 Å². The summed E-state index contributed by atoms with van der Waals surface area (Å²) in [6, 6.07) is -0.0955. The number of carboxylic acid groups (broad SMARTS) is 1. The van der Waals surface area contributed by atoms with E-state index < -0.39 is 16.8 Å². The fourth-order valence-electron chi connectivity index (χ4n) is 6.24. The lowest BCUT2D eigenvalue weighted by Crippen LogP contribution is -2.55. The second kappa shape index (κ2) is 13.8. The third kappa shape index (κ3) is 8.86. The molecule has 0 aromatic heterocycles. The summed E-state index contributed by atoms with van der Waals surface area (Å²) >= 11 is 5.98. The van der Waals surface area contributed by atoms with Gasteiger partial charge in [0.25, 0.3) is 0 Å². The Balaban J connectivity index is 1.69. The number of allylic oxidation sites excluding steroid dienone is 3. The van der Waals surface area contributed by atoms with Crippen LogP contribution >= 0.6 is 11.6 Å². The summed E-state index contributed by atoms with van der Waals surface area (Å²) in [7, 11) is 1.89. The molecule has 210 valence electrons. The number of piperidine rings is 1. The van der Waals surface area contributed by atoms with Gasteiger partial charge in [-0.25, -0.2) is 14.0 Å². The van der Waals surface area contributed by atoms with E-state index in [9.17, 15) is 19.1 Å².